The van der Waals surface area contributed by atoms with Crippen molar-refractivity contribution in [3.8, 4) is 0 Å². The van der Waals surface area contributed by atoms with E-state index >= 15 is 0 Å². The number of Topliss-reactive ketones (excluding diaryl/α,β-unsaturated/α-hetero) is 1. The van der Waals surface area contributed by atoms with Crippen LogP contribution in [0.25, 0.3) is 0 Å². The molecule has 0 radical (unpaired) electrons. The summed E-state index contributed by atoms with van der Waals surface area (Å²) in [5.74, 6) is 3.56. The van der Waals surface area contributed by atoms with Crippen LogP contribution in [-0.2, 0) is 9.53 Å². The Balaban J connectivity index is 1.65. The summed E-state index contributed by atoms with van der Waals surface area (Å²) in [7, 11) is 1.91. The lowest BCUT2D eigenvalue weighted by Crippen LogP contribution is -2.54. The van der Waals surface area contributed by atoms with Gasteiger partial charge in [0.25, 0.3) is 0 Å². The molecule has 134 valence electrons. The van der Waals surface area contributed by atoms with Gasteiger partial charge in [-0.25, -0.2) is 0 Å². The van der Waals surface area contributed by atoms with Crippen LogP contribution in [0.2, 0.25) is 0 Å². The molecule has 24 heavy (non-hydrogen) atoms. The Morgan fingerprint density at radius 1 is 1.04 bits per heavy atom. The first kappa shape index (κ1) is 16.8. The molecule has 0 aromatic carbocycles. The molecule has 0 heterocycles. The summed E-state index contributed by atoms with van der Waals surface area (Å²) in [6, 6.07) is 0. The largest absolute Gasteiger partial charge is 0.381 e. The van der Waals surface area contributed by atoms with Crippen LogP contribution in [0.5, 0.6) is 0 Å². The number of carbonyl (C=O) groups is 1. The first-order valence-corrected chi connectivity index (χ1v) is 10.1. The number of rotatable bonds is 1. The van der Waals surface area contributed by atoms with Gasteiger partial charge in [-0.3, -0.25) is 4.79 Å². The third-order valence-electron chi connectivity index (χ3n) is 8.97. The van der Waals surface area contributed by atoms with E-state index in [2.05, 4.69) is 26.8 Å². The number of carbonyl (C=O) groups excluding carboxylic acids is 1. The van der Waals surface area contributed by atoms with Crippen molar-refractivity contribution in [1.82, 2.24) is 0 Å². The standard InChI is InChI=1S/C22H34O2/c1-5-14-13-22(3)15(12-19(14)23)6-7-16-17-8-9-20(24-4)21(17,2)11-10-18(16)22/h5,15-18,20H,6-13H2,1-4H3/t15-,16-,17-,18-,20-,21-,22-/m0/s1. The molecule has 0 saturated heterocycles. The minimum absolute atomic E-state index is 0.352. The van der Waals surface area contributed by atoms with E-state index in [1.54, 1.807) is 0 Å². The van der Waals surface area contributed by atoms with Crippen LogP contribution in [-0.4, -0.2) is 19.0 Å². The maximum Gasteiger partial charge on any atom is 0.158 e. The highest BCUT2D eigenvalue weighted by atomic mass is 16.5. The minimum Gasteiger partial charge on any atom is -0.381 e. The maximum absolute atomic E-state index is 12.4. The van der Waals surface area contributed by atoms with Gasteiger partial charge in [-0.15, -0.1) is 0 Å². The Labute approximate surface area is 147 Å². The lowest BCUT2D eigenvalue weighted by Gasteiger charge is -2.60. The molecule has 4 fully saturated rings. The van der Waals surface area contributed by atoms with E-state index in [1.807, 2.05) is 7.11 Å². The van der Waals surface area contributed by atoms with Crippen LogP contribution in [0.1, 0.15) is 72.1 Å². The monoisotopic (exact) mass is 330 g/mol. The molecule has 0 bridgehead atoms. The molecule has 4 rings (SSSR count). The Bertz CT molecular complexity index is 564. The molecule has 4 aliphatic rings. The van der Waals surface area contributed by atoms with Gasteiger partial charge in [-0.2, -0.15) is 0 Å². The fraction of sp³-hybridized carbons (Fsp3) is 0.864. The Hall–Kier alpha value is -0.630. The molecule has 0 aliphatic heterocycles. The number of ketones is 1. The van der Waals surface area contributed by atoms with Gasteiger partial charge in [0.15, 0.2) is 5.78 Å². The van der Waals surface area contributed by atoms with E-state index in [1.165, 1.54) is 38.5 Å². The molecule has 0 spiro atoms. The summed E-state index contributed by atoms with van der Waals surface area (Å²) in [6.45, 7) is 7.08. The highest BCUT2D eigenvalue weighted by Gasteiger charge is 2.60. The zero-order valence-electron chi connectivity index (χ0n) is 15.9. The van der Waals surface area contributed by atoms with E-state index in [0.29, 0.717) is 28.6 Å². The van der Waals surface area contributed by atoms with Gasteiger partial charge in [-0.05, 0) is 91.9 Å². The van der Waals surface area contributed by atoms with Crippen molar-refractivity contribution in [2.24, 2.45) is 34.5 Å². The second-order valence-corrected chi connectivity index (χ2v) is 9.62. The zero-order valence-corrected chi connectivity index (χ0v) is 15.9. The van der Waals surface area contributed by atoms with Crippen molar-refractivity contribution in [3.05, 3.63) is 11.6 Å². The first-order valence-electron chi connectivity index (χ1n) is 10.1. The second-order valence-electron chi connectivity index (χ2n) is 9.62. The Kier molecular flexibility index (Phi) is 3.99. The number of hydrogen-bond acceptors (Lipinski definition) is 2. The predicted molar refractivity (Wildman–Crippen MR) is 96.7 cm³/mol. The number of hydrogen-bond donors (Lipinski definition) is 0. The van der Waals surface area contributed by atoms with E-state index in [-0.39, 0.29) is 0 Å². The van der Waals surface area contributed by atoms with E-state index in [0.717, 1.165) is 36.2 Å². The fourth-order valence-corrected chi connectivity index (χ4v) is 7.61. The third-order valence-corrected chi connectivity index (χ3v) is 8.97. The average molecular weight is 331 g/mol. The molecule has 0 aromatic rings. The van der Waals surface area contributed by atoms with Crippen molar-refractivity contribution in [3.63, 3.8) is 0 Å². The molecular weight excluding hydrogens is 296 g/mol. The number of allylic oxidation sites excluding steroid dienone is 2. The molecule has 2 heteroatoms. The van der Waals surface area contributed by atoms with Crippen LogP contribution in [0, 0.1) is 34.5 Å². The lowest BCUT2D eigenvalue weighted by molar-refractivity contribution is -0.136. The lowest BCUT2D eigenvalue weighted by atomic mass is 9.45. The van der Waals surface area contributed by atoms with E-state index < -0.39 is 0 Å². The Morgan fingerprint density at radius 2 is 1.79 bits per heavy atom. The molecule has 4 aliphatic carbocycles. The van der Waals surface area contributed by atoms with E-state index in [9.17, 15) is 4.79 Å². The fourth-order valence-electron chi connectivity index (χ4n) is 7.61. The molecule has 2 nitrogen and oxygen atoms in total. The van der Waals surface area contributed by atoms with E-state index in [4.69, 9.17) is 4.74 Å². The van der Waals surface area contributed by atoms with Crippen molar-refractivity contribution in [2.75, 3.05) is 7.11 Å². The van der Waals surface area contributed by atoms with Crippen molar-refractivity contribution in [2.45, 2.75) is 78.2 Å². The topological polar surface area (TPSA) is 26.3 Å². The summed E-state index contributed by atoms with van der Waals surface area (Å²) in [5, 5.41) is 0. The van der Waals surface area contributed by atoms with Gasteiger partial charge in [-0.1, -0.05) is 19.9 Å². The van der Waals surface area contributed by atoms with Crippen molar-refractivity contribution in [1.29, 1.82) is 0 Å². The van der Waals surface area contributed by atoms with Gasteiger partial charge in [0, 0.05) is 13.5 Å². The maximum atomic E-state index is 12.4. The van der Waals surface area contributed by atoms with Gasteiger partial charge >= 0.3 is 0 Å². The molecule has 0 N–H and O–H groups in total. The molecule has 7 atom stereocenters. The smallest absolute Gasteiger partial charge is 0.158 e. The molecule has 0 amide bonds. The highest BCUT2D eigenvalue weighted by molar-refractivity contribution is 5.96. The van der Waals surface area contributed by atoms with Crippen molar-refractivity contribution < 1.29 is 9.53 Å². The second kappa shape index (κ2) is 5.69. The van der Waals surface area contributed by atoms with Gasteiger partial charge in [0.05, 0.1) is 6.10 Å². The number of methoxy groups -OCH3 is 1. The predicted octanol–water partition coefficient (Wildman–Crippen LogP) is 5.17. The quantitative estimate of drug-likeness (QED) is 0.620. The first-order chi connectivity index (χ1) is 11.4. The Morgan fingerprint density at radius 3 is 2.50 bits per heavy atom. The van der Waals surface area contributed by atoms with Crippen LogP contribution in [0.15, 0.2) is 11.6 Å². The van der Waals surface area contributed by atoms with Gasteiger partial charge in [0.2, 0.25) is 0 Å². The van der Waals surface area contributed by atoms with Crippen molar-refractivity contribution >= 4 is 5.78 Å². The molecular formula is C22H34O2. The normalized spacial score (nSPS) is 52.8. The SMILES string of the molecule is CC=C1C[C@@]2(C)[C@@H](CC[C@@H]3[C@@H]2CC[C@]2(C)[C@@H](OC)CC[C@@H]32)CC1=O. The van der Waals surface area contributed by atoms with Gasteiger partial charge in [0.1, 0.15) is 0 Å². The minimum atomic E-state index is 0.352. The molecule has 0 unspecified atom stereocenters. The summed E-state index contributed by atoms with van der Waals surface area (Å²) in [5.41, 5.74) is 1.86. The average Bonchev–Trinajstić information content (AvgIpc) is 2.91. The third kappa shape index (κ3) is 2.14. The van der Waals surface area contributed by atoms with Crippen LogP contribution in [0.3, 0.4) is 0 Å². The summed E-state index contributed by atoms with van der Waals surface area (Å²) >= 11 is 0. The highest BCUT2D eigenvalue weighted by Crippen LogP contribution is 2.66. The summed E-state index contributed by atoms with van der Waals surface area (Å²) in [6.07, 6.45) is 12.3. The molecule has 4 saturated carbocycles. The van der Waals surface area contributed by atoms with Crippen LogP contribution >= 0.6 is 0 Å². The number of fused-ring (bicyclic) bond motifs is 5. The van der Waals surface area contributed by atoms with Crippen LogP contribution < -0.4 is 0 Å². The van der Waals surface area contributed by atoms with Crippen LogP contribution in [0.4, 0.5) is 0 Å². The zero-order chi connectivity index (χ0) is 17.1. The summed E-state index contributed by atoms with van der Waals surface area (Å²) < 4.78 is 5.89. The summed E-state index contributed by atoms with van der Waals surface area (Å²) in [4.78, 5) is 12.4. The molecule has 0 aromatic heterocycles. The van der Waals surface area contributed by atoms with Gasteiger partial charge < -0.3 is 4.74 Å². The number of ether oxygens (including phenoxy) is 1.